The van der Waals surface area contributed by atoms with Gasteiger partial charge in [-0.2, -0.15) is 0 Å². The van der Waals surface area contributed by atoms with E-state index in [4.69, 9.17) is 0 Å². The van der Waals surface area contributed by atoms with E-state index in [1.54, 1.807) is 12.1 Å². The molecule has 1 heterocycles. The third kappa shape index (κ3) is 2.38. The lowest BCUT2D eigenvalue weighted by atomic mass is 9.75. The lowest BCUT2D eigenvalue weighted by molar-refractivity contribution is 0.341. The van der Waals surface area contributed by atoms with E-state index >= 15 is 0 Å². The van der Waals surface area contributed by atoms with Crippen molar-refractivity contribution in [2.45, 2.75) is 18.8 Å². The smallest absolute Gasteiger partial charge is 0.123 e. The predicted octanol–water partition coefficient (Wildman–Crippen LogP) is 4.44. The van der Waals surface area contributed by atoms with Gasteiger partial charge in [-0.15, -0.1) is 0 Å². The van der Waals surface area contributed by atoms with Crippen molar-refractivity contribution in [1.29, 1.82) is 0 Å². The molecular formula is C20H20FN. The van der Waals surface area contributed by atoms with Gasteiger partial charge in [-0.1, -0.05) is 42.5 Å². The molecule has 4 rings (SSSR count). The highest BCUT2D eigenvalue weighted by molar-refractivity contribution is 5.76. The van der Waals surface area contributed by atoms with Crippen LogP contribution in [0.25, 0.3) is 12.2 Å². The molecule has 112 valence electrons. The number of nitrogens with one attached hydrogen (secondary N) is 1. The summed E-state index contributed by atoms with van der Waals surface area (Å²) in [6, 6.07) is 13.8. The fraction of sp³-hybridized carbons (Fsp3) is 0.300. The molecule has 1 nitrogen and oxygen atoms in total. The number of halogens is 1. The second kappa shape index (κ2) is 5.69. The average Bonchev–Trinajstić information content (AvgIpc) is 2.72. The van der Waals surface area contributed by atoms with Crippen LogP contribution in [0.1, 0.15) is 41.0 Å². The van der Waals surface area contributed by atoms with Crippen molar-refractivity contribution < 1.29 is 4.39 Å². The van der Waals surface area contributed by atoms with Gasteiger partial charge in [-0.05, 0) is 66.2 Å². The van der Waals surface area contributed by atoms with E-state index in [0.717, 1.165) is 37.1 Å². The normalized spacial score (nSPS) is 21.0. The molecule has 1 N–H and O–H groups in total. The molecule has 0 spiro atoms. The summed E-state index contributed by atoms with van der Waals surface area (Å²) < 4.78 is 13.9. The molecule has 22 heavy (non-hydrogen) atoms. The van der Waals surface area contributed by atoms with E-state index in [9.17, 15) is 4.39 Å². The topological polar surface area (TPSA) is 12.0 Å². The van der Waals surface area contributed by atoms with Crippen LogP contribution in [0.2, 0.25) is 0 Å². The average molecular weight is 293 g/mol. The molecule has 0 saturated carbocycles. The monoisotopic (exact) mass is 293 g/mol. The Morgan fingerprint density at radius 2 is 1.59 bits per heavy atom. The summed E-state index contributed by atoms with van der Waals surface area (Å²) in [6.45, 7) is 2.11. The van der Waals surface area contributed by atoms with Crippen molar-refractivity contribution in [2.75, 3.05) is 13.1 Å². The Balaban J connectivity index is 1.90. The van der Waals surface area contributed by atoms with Gasteiger partial charge in [0.25, 0.3) is 0 Å². The van der Waals surface area contributed by atoms with Gasteiger partial charge >= 0.3 is 0 Å². The van der Waals surface area contributed by atoms with Crippen LogP contribution in [0.5, 0.6) is 0 Å². The second-order valence-corrected chi connectivity index (χ2v) is 6.30. The van der Waals surface area contributed by atoms with E-state index in [1.165, 1.54) is 11.1 Å². The first-order valence-corrected chi connectivity index (χ1v) is 8.10. The number of fused-ring (bicyclic) bond motifs is 2. The third-order valence-electron chi connectivity index (χ3n) is 5.01. The number of piperidine rings is 1. The van der Waals surface area contributed by atoms with Crippen LogP contribution in [0.15, 0.2) is 42.5 Å². The fourth-order valence-corrected chi connectivity index (χ4v) is 3.95. The van der Waals surface area contributed by atoms with Crippen LogP contribution in [0.4, 0.5) is 4.39 Å². The Hall–Kier alpha value is -1.93. The highest BCUT2D eigenvalue weighted by Gasteiger charge is 2.30. The van der Waals surface area contributed by atoms with Crippen molar-refractivity contribution in [3.63, 3.8) is 0 Å². The molecule has 1 atom stereocenters. The lowest BCUT2D eigenvalue weighted by Gasteiger charge is -2.32. The summed E-state index contributed by atoms with van der Waals surface area (Å²) in [7, 11) is 0. The van der Waals surface area contributed by atoms with Crippen molar-refractivity contribution >= 4 is 12.2 Å². The molecule has 1 fully saturated rings. The molecule has 2 aliphatic rings. The molecule has 2 aromatic carbocycles. The quantitative estimate of drug-likeness (QED) is 0.819. The van der Waals surface area contributed by atoms with Gasteiger partial charge < -0.3 is 5.32 Å². The lowest BCUT2D eigenvalue weighted by Crippen LogP contribution is -2.31. The molecule has 1 saturated heterocycles. The van der Waals surface area contributed by atoms with E-state index in [1.807, 2.05) is 6.07 Å². The fourth-order valence-electron chi connectivity index (χ4n) is 3.95. The Kier molecular flexibility index (Phi) is 3.55. The Morgan fingerprint density at radius 3 is 2.41 bits per heavy atom. The van der Waals surface area contributed by atoms with Gasteiger partial charge in [-0.3, -0.25) is 0 Å². The Bertz CT molecular complexity index is 713. The molecular weight excluding hydrogens is 273 g/mol. The molecule has 0 aromatic heterocycles. The van der Waals surface area contributed by atoms with E-state index < -0.39 is 0 Å². The largest absolute Gasteiger partial charge is 0.317 e. The molecule has 0 radical (unpaired) electrons. The summed E-state index contributed by atoms with van der Waals surface area (Å²) >= 11 is 0. The summed E-state index contributed by atoms with van der Waals surface area (Å²) in [5, 5.41) is 3.44. The maximum absolute atomic E-state index is 13.9. The maximum atomic E-state index is 13.9. The molecule has 2 aromatic rings. The molecule has 1 aliphatic heterocycles. The zero-order valence-corrected chi connectivity index (χ0v) is 12.6. The van der Waals surface area contributed by atoms with Gasteiger partial charge in [0.2, 0.25) is 0 Å². The van der Waals surface area contributed by atoms with Crippen molar-refractivity contribution in [2.24, 2.45) is 5.92 Å². The predicted molar refractivity (Wildman–Crippen MR) is 89.2 cm³/mol. The SMILES string of the molecule is Fc1ccc2c(c1)C(C1CCNCC1)c1ccccc1C=C2. The first-order chi connectivity index (χ1) is 10.8. The minimum Gasteiger partial charge on any atom is -0.317 e. The minimum atomic E-state index is -0.134. The van der Waals surface area contributed by atoms with Gasteiger partial charge in [0.15, 0.2) is 0 Å². The highest BCUT2D eigenvalue weighted by atomic mass is 19.1. The number of hydrogen-bond donors (Lipinski definition) is 1. The number of rotatable bonds is 1. The van der Waals surface area contributed by atoms with E-state index in [0.29, 0.717) is 11.8 Å². The van der Waals surface area contributed by atoms with Gasteiger partial charge in [0.1, 0.15) is 5.82 Å². The van der Waals surface area contributed by atoms with Crippen LogP contribution >= 0.6 is 0 Å². The van der Waals surface area contributed by atoms with Crippen LogP contribution < -0.4 is 5.32 Å². The Labute approximate surface area is 130 Å². The minimum absolute atomic E-state index is 0.134. The first-order valence-electron chi connectivity index (χ1n) is 8.10. The molecule has 2 heteroatoms. The maximum Gasteiger partial charge on any atom is 0.123 e. The summed E-state index contributed by atoms with van der Waals surface area (Å²) in [5.74, 6) is 0.729. The molecule has 1 aliphatic carbocycles. The van der Waals surface area contributed by atoms with Gasteiger partial charge in [-0.25, -0.2) is 4.39 Å². The third-order valence-corrected chi connectivity index (χ3v) is 5.01. The van der Waals surface area contributed by atoms with Gasteiger partial charge in [0.05, 0.1) is 0 Å². The number of hydrogen-bond acceptors (Lipinski definition) is 1. The molecule has 1 unspecified atom stereocenters. The van der Waals surface area contributed by atoms with Crippen molar-refractivity contribution in [3.05, 3.63) is 70.5 Å². The second-order valence-electron chi connectivity index (χ2n) is 6.30. The van der Waals surface area contributed by atoms with Crippen LogP contribution in [-0.4, -0.2) is 13.1 Å². The van der Waals surface area contributed by atoms with E-state index in [-0.39, 0.29) is 5.82 Å². The van der Waals surface area contributed by atoms with Crippen LogP contribution in [0, 0.1) is 11.7 Å². The zero-order chi connectivity index (χ0) is 14.9. The van der Waals surface area contributed by atoms with Crippen molar-refractivity contribution in [3.8, 4) is 0 Å². The summed E-state index contributed by atoms with van der Waals surface area (Å²) in [5.41, 5.74) is 4.91. The number of benzene rings is 2. The molecule has 0 amide bonds. The van der Waals surface area contributed by atoms with Gasteiger partial charge in [0, 0.05) is 5.92 Å². The van der Waals surface area contributed by atoms with Crippen LogP contribution in [0.3, 0.4) is 0 Å². The first kappa shape index (κ1) is 13.7. The highest BCUT2D eigenvalue weighted by Crippen LogP contribution is 2.42. The zero-order valence-electron chi connectivity index (χ0n) is 12.6. The van der Waals surface area contributed by atoms with Crippen molar-refractivity contribution in [1.82, 2.24) is 5.32 Å². The van der Waals surface area contributed by atoms with E-state index in [2.05, 4.69) is 41.7 Å². The summed E-state index contributed by atoms with van der Waals surface area (Å²) in [6.07, 6.45) is 6.60. The van der Waals surface area contributed by atoms with Crippen LogP contribution in [-0.2, 0) is 0 Å². The summed E-state index contributed by atoms with van der Waals surface area (Å²) in [4.78, 5) is 0. The molecule has 0 bridgehead atoms. The Morgan fingerprint density at radius 1 is 0.864 bits per heavy atom. The standard InChI is InChI=1S/C20H20FN/c21-17-8-7-15-6-5-14-3-1-2-4-18(14)20(19(15)13-17)16-9-11-22-12-10-16/h1-8,13,16,20,22H,9-12H2.